The fraction of sp³-hybridized carbons (Fsp3) is 0.529. The molecule has 1 aliphatic rings. The molecule has 0 unspecified atom stereocenters. The molecule has 1 aliphatic heterocycles. The van der Waals surface area contributed by atoms with Gasteiger partial charge in [0, 0.05) is 24.0 Å². The highest BCUT2D eigenvalue weighted by molar-refractivity contribution is 7.09. The molecule has 5 heteroatoms. The molecular weight excluding hydrogens is 294 g/mol. The van der Waals surface area contributed by atoms with Gasteiger partial charge in [0.1, 0.15) is 0 Å². The number of carbonyl (C=O) groups is 1. The van der Waals surface area contributed by atoms with Gasteiger partial charge in [-0.25, -0.2) is 0 Å². The van der Waals surface area contributed by atoms with Gasteiger partial charge in [0.2, 0.25) is 5.91 Å². The van der Waals surface area contributed by atoms with Crippen LogP contribution in [0.25, 0.3) is 0 Å². The van der Waals surface area contributed by atoms with Gasteiger partial charge in [0.05, 0.1) is 18.8 Å². The summed E-state index contributed by atoms with van der Waals surface area (Å²) in [7, 11) is 0. The molecule has 22 heavy (non-hydrogen) atoms. The van der Waals surface area contributed by atoms with Crippen LogP contribution in [0, 0.1) is 6.92 Å². The van der Waals surface area contributed by atoms with E-state index in [0.717, 1.165) is 32.4 Å². The van der Waals surface area contributed by atoms with Crippen molar-refractivity contribution in [3.05, 3.63) is 40.3 Å². The van der Waals surface area contributed by atoms with E-state index in [-0.39, 0.29) is 0 Å². The molecule has 3 heterocycles. The molecule has 0 aliphatic carbocycles. The van der Waals surface area contributed by atoms with E-state index < -0.39 is 0 Å². The van der Waals surface area contributed by atoms with E-state index >= 15 is 0 Å². The molecule has 4 nitrogen and oxygen atoms in total. The molecule has 2 aromatic rings. The first-order valence-corrected chi connectivity index (χ1v) is 8.91. The quantitative estimate of drug-likeness (QED) is 0.849. The van der Waals surface area contributed by atoms with Crippen molar-refractivity contribution < 1.29 is 4.79 Å². The maximum absolute atomic E-state index is 12.6. The molecule has 2 aromatic heterocycles. The summed E-state index contributed by atoms with van der Waals surface area (Å²) in [6.07, 6.45) is 8.84. The summed E-state index contributed by atoms with van der Waals surface area (Å²) in [6.45, 7) is 3.76. The molecule has 0 aromatic carbocycles. The minimum atomic E-state index is 0.293. The maximum Gasteiger partial charge on any atom is 0.223 e. The monoisotopic (exact) mass is 317 g/mol. The Morgan fingerprint density at radius 3 is 3.09 bits per heavy atom. The predicted molar refractivity (Wildman–Crippen MR) is 89.0 cm³/mol. The second kappa shape index (κ2) is 7.09. The molecule has 0 radical (unpaired) electrons. The summed E-state index contributed by atoms with van der Waals surface area (Å²) in [6, 6.07) is 4.45. The van der Waals surface area contributed by atoms with Crippen molar-refractivity contribution in [3.8, 4) is 0 Å². The molecule has 1 saturated heterocycles. The second-order valence-corrected chi connectivity index (χ2v) is 7.09. The zero-order chi connectivity index (χ0) is 15.4. The van der Waals surface area contributed by atoms with Crippen LogP contribution < -0.4 is 0 Å². The number of hydrogen-bond donors (Lipinski definition) is 0. The minimum absolute atomic E-state index is 0.293. The largest absolute Gasteiger partial charge is 0.338 e. The SMILES string of the molecule is Cc1cnn(C[C@@H]2CCCCN2C(=O)CCc2cccs2)c1. The van der Waals surface area contributed by atoms with E-state index in [4.69, 9.17) is 0 Å². The van der Waals surface area contributed by atoms with Crippen LogP contribution in [0.15, 0.2) is 29.9 Å². The number of aryl methyl sites for hydroxylation is 2. The van der Waals surface area contributed by atoms with Crippen molar-refractivity contribution in [2.45, 2.75) is 51.6 Å². The summed E-state index contributed by atoms with van der Waals surface area (Å²) in [4.78, 5) is 16.0. The van der Waals surface area contributed by atoms with Crippen LogP contribution in [-0.4, -0.2) is 33.2 Å². The first-order valence-electron chi connectivity index (χ1n) is 8.03. The van der Waals surface area contributed by atoms with Crippen molar-refractivity contribution in [2.75, 3.05) is 6.54 Å². The Labute approximate surface area is 135 Å². The highest BCUT2D eigenvalue weighted by Gasteiger charge is 2.26. The summed E-state index contributed by atoms with van der Waals surface area (Å²) in [5.41, 5.74) is 1.17. The van der Waals surface area contributed by atoms with Gasteiger partial charge in [0.15, 0.2) is 0 Å². The standard InChI is InChI=1S/C17H23N3OS/c1-14-11-18-19(12-14)13-15-5-2-3-9-20(15)17(21)8-7-16-6-4-10-22-16/h4,6,10-12,15H,2-3,5,7-9,13H2,1H3/t15-/m0/s1. The van der Waals surface area contributed by atoms with Gasteiger partial charge >= 0.3 is 0 Å². The number of piperidine rings is 1. The molecule has 0 saturated carbocycles. The number of aromatic nitrogens is 2. The normalized spacial score (nSPS) is 18.6. The first kappa shape index (κ1) is 15.3. The Morgan fingerprint density at radius 2 is 2.36 bits per heavy atom. The first-order chi connectivity index (χ1) is 10.7. The van der Waals surface area contributed by atoms with E-state index in [1.807, 2.05) is 23.9 Å². The van der Waals surface area contributed by atoms with Gasteiger partial charge in [-0.15, -0.1) is 11.3 Å². The van der Waals surface area contributed by atoms with Gasteiger partial charge in [-0.2, -0.15) is 5.10 Å². The molecule has 1 amide bonds. The molecule has 0 N–H and O–H groups in total. The van der Waals surface area contributed by atoms with Crippen molar-refractivity contribution in [3.63, 3.8) is 0 Å². The van der Waals surface area contributed by atoms with Crippen LogP contribution >= 0.6 is 11.3 Å². The topological polar surface area (TPSA) is 38.1 Å². The van der Waals surface area contributed by atoms with Crippen LogP contribution in [0.5, 0.6) is 0 Å². The Morgan fingerprint density at radius 1 is 1.45 bits per heavy atom. The van der Waals surface area contributed by atoms with Crippen LogP contribution in [0.2, 0.25) is 0 Å². The number of amides is 1. The Balaban J connectivity index is 1.60. The van der Waals surface area contributed by atoms with E-state index in [9.17, 15) is 4.79 Å². The van der Waals surface area contributed by atoms with Crippen LogP contribution in [0.4, 0.5) is 0 Å². The average Bonchev–Trinajstić information content (AvgIpc) is 3.17. The minimum Gasteiger partial charge on any atom is -0.338 e. The van der Waals surface area contributed by atoms with Crippen molar-refractivity contribution >= 4 is 17.2 Å². The van der Waals surface area contributed by atoms with Crippen LogP contribution in [0.1, 0.15) is 36.1 Å². The number of rotatable bonds is 5. The number of hydrogen-bond acceptors (Lipinski definition) is 3. The third-order valence-corrected chi connectivity index (χ3v) is 5.21. The zero-order valence-corrected chi connectivity index (χ0v) is 13.9. The molecular formula is C17H23N3OS. The predicted octanol–water partition coefficient (Wildman–Crippen LogP) is 3.27. The summed E-state index contributed by atoms with van der Waals surface area (Å²) < 4.78 is 1.98. The third kappa shape index (κ3) is 3.77. The molecule has 118 valence electrons. The highest BCUT2D eigenvalue weighted by Crippen LogP contribution is 2.21. The lowest BCUT2D eigenvalue weighted by molar-refractivity contribution is -0.135. The number of nitrogens with zero attached hydrogens (tertiary/aromatic N) is 3. The lowest BCUT2D eigenvalue weighted by Gasteiger charge is -2.36. The number of thiophene rings is 1. The van der Waals surface area contributed by atoms with E-state index in [2.05, 4.69) is 27.6 Å². The second-order valence-electron chi connectivity index (χ2n) is 6.06. The van der Waals surface area contributed by atoms with Crippen molar-refractivity contribution in [1.29, 1.82) is 0 Å². The summed E-state index contributed by atoms with van der Waals surface area (Å²) >= 11 is 1.73. The fourth-order valence-electron chi connectivity index (χ4n) is 3.13. The van der Waals surface area contributed by atoms with Gasteiger partial charge in [-0.1, -0.05) is 6.07 Å². The van der Waals surface area contributed by atoms with E-state index in [1.165, 1.54) is 16.9 Å². The molecule has 3 rings (SSSR count). The Kier molecular flexibility index (Phi) is 4.93. The lowest BCUT2D eigenvalue weighted by Crippen LogP contribution is -2.46. The Hall–Kier alpha value is -1.62. The van der Waals surface area contributed by atoms with E-state index in [1.54, 1.807) is 11.3 Å². The molecule has 0 spiro atoms. The van der Waals surface area contributed by atoms with E-state index in [0.29, 0.717) is 18.4 Å². The lowest BCUT2D eigenvalue weighted by atomic mass is 10.0. The maximum atomic E-state index is 12.6. The number of carbonyl (C=O) groups excluding carboxylic acids is 1. The molecule has 1 atom stereocenters. The molecule has 0 bridgehead atoms. The zero-order valence-electron chi connectivity index (χ0n) is 13.1. The molecule has 1 fully saturated rings. The highest BCUT2D eigenvalue weighted by atomic mass is 32.1. The van der Waals surface area contributed by atoms with Gasteiger partial charge in [-0.3, -0.25) is 9.48 Å². The van der Waals surface area contributed by atoms with Crippen LogP contribution in [0.3, 0.4) is 0 Å². The van der Waals surface area contributed by atoms with Gasteiger partial charge < -0.3 is 4.90 Å². The van der Waals surface area contributed by atoms with Gasteiger partial charge in [0.25, 0.3) is 0 Å². The van der Waals surface area contributed by atoms with Crippen molar-refractivity contribution in [2.24, 2.45) is 0 Å². The fourth-order valence-corrected chi connectivity index (χ4v) is 3.84. The number of likely N-dealkylation sites (tertiary alicyclic amines) is 1. The summed E-state index contributed by atoms with van der Waals surface area (Å²) in [5, 5.41) is 6.44. The third-order valence-electron chi connectivity index (χ3n) is 4.27. The van der Waals surface area contributed by atoms with Gasteiger partial charge in [-0.05, 0) is 49.6 Å². The average molecular weight is 317 g/mol. The summed E-state index contributed by atoms with van der Waals surface area (Å²) in [5.74, 6) is 0.293. The van der Waals surface area contributed by atoms with Crippen molar-refractivity contribution in [1.82, 2.24) is 14.7 Å². The Bertz CT molecular complexity index is 605. The smallest absolute Gasteiger partial charge is 0.223 e. The van der Waals surface area contributed by atoms with Crippen LogP contribution in [-0.2, 0) is 17.8 Å².